The molecule has 1 fully saturated rings. The summed E-state index contributed by atoms with van der Waals surface area (Å²) in [5.41, 5.74) is 7.11. The van der Waals surface area contributed by atoms with Gasteiger partial charge in [0.25, 0.3) is 6.01 Å². The third-order valence-corrected chi connectivity index (χ3v) is 4.26. The van der Waals surface area contributed by atoms with Crippen molar-refractivity contribution in [3.63, 3.8) is 0 Å². The molecule has 26 heavy (non-hydrogen) atoms. The van der Waals surface area contributed by atoms with Crippen LogP contribution in [0.1, 0.15) is 32.6 Å². The second kappa shape index (κ2) is 9.00. The Balaban J connectivity index is 1.71. The van der Waals surface area contributed by atoms with Gasteiger partial charge < -0.3 is 24.7 Å². The number of anilines is 1. The number of methoxy groups -OCH3 is 1. The predicted octanol–water partition coefficient (Wildman–Crippen LogP) is 1.79. The molecule has 0 amide bonds. The highest BCUT2D eigenvalue weighted by atomic mass is 16.5. The van der Waals surface area contributed by atoms with E-state index in [0.29, 0.717) is 43.5 Å². The molecule has 144 valence electrons. The normalized spacial score (nSPS) is 17.1. The van der Waals surface area contributed by atoms with Gasteiger partial charge in [-0.2, -0.15) is 15.0 Å². The Morgan fingerprint density at radius 2 is 2.15 bits per heavy atom. The average molecular weight is 365 g/mol. The molecule has 1 unspecified atom stereocenters. The van der Waals surface area contributed by atoms with Crippen LogP contribution in [0.5, 0.6) is 12.0 Å². The van der Waals surface area contributed by atoms with Crippen molar-refractivity contribution < 1.29 is 18.9 Å². The van der Waals surface area contributed by atoms with Crippen molar-refractivity contribution >= 4 is 17.0 Å². The van der Waals surface area contributed by atoms with Crippen molar-refractivity contribution in [3.8, 4) is 12.0 Å². The van der Waals surface area contributed by atoms with Crippen LogP contribution >= 0.6 is 0 Å². The lowest BCUT2D eigenvalue weighted by Gasteiger charge is -2.11. The van der Waals surface area contributed by atoms with E-state index in [0.717, 1.165) is 32.3 Å². The lowest BCUT2D eigenvalue weighted by atomic mass is 10.2. The molecule has 1 atom stereocenters. The second-order valence-electron chi connectivity index (χ2n) is 6.23. The van der Waals surface area contributed by atoms with E-state index in [-0.39, 0.29) is 17.9 Å². The summed E-state index contributed by atoms with van der Waals surface area (Å²) in [6, 6.07) is 0.681. The van der Waals surface area contributed by atoms with Crippen LogP contribution in [0.15, 0.2) is 0 Å². The van der Waals surface area contributed by atoms with Gasteiger partial charge in [-0.1, -0.05) is 13.3 Å². The summed E-state index contributed by atoms with van der Waals surface area (Å²) in [7, 11) is 1.56. The van der Waals surface area contributed by atoms with Crippen LogP contribution in [0.4, 0.5) is 5.82 Å². The van der Waals surface area contributed by atoms with Crippen molar-refractivity contribution in [2.45, 2.75) is 45.3 Å². The number of hydrogen-bond donors (Lipinski definition) is 1. The quantitative estimate of drug-likeness (QED) is 0.635. The Bertz CT molecular complexity index is 715. The number of rotatable bonds is 10. The molecule has 3 heterocycles. The SMILES string of the molecule is CCCCOc1nc(N)c2nc(OC)n(CCOCC3CCCO3)c2n1. The third-order valence-electron chi connectivity index (χ3n) is 4.26. The molecule has 1 aliphatic rings. The molecule has 9 nitrogen and oxygen atoms in total. The van der Waals surface area contributed by atoms with Gasteiger partial charge in [0.15, 0.2) is 17.0 Å². The smallest absolute Gasteiger partial charge is 0.320 e. The molecule has 2 N–H and O–H groups in total. The minimum absolute atomic E-state index is 0.202. The molecular formula is C17H27N5O4. The largest absolute Gasteiger partial charge is 0.468 e. The maximum Gasteiger partial charge on any atom is 0.320 e. The zero-order chi connectivity index (χ0) is 18.4. The molecule has 0 saturated carbocycles. The van der Waals surface area contributed by atoms with Crippen LogP contribution in [0.3, 0.4) is 0 Å². The van der Waals surface area contributed by atoms with Gasteiger partial charge in [-0.05, 0) is 19.3 Å². The van der Waals surface area contributed by atoms with Gasteiger partial charge in [0.2, 0.25) is 0 Å². The van der Waals surface area contributed by atoms with Crippen LogP contribution in [0.25, 0.3) is 11.2 Å². The predicted molar refractivity (Wildman–Crippen MR) is 96.5 cm³/mol. The van der Waals surface area contributed by atoms with Crippen molar-refractivity contribution in [1.29, 1.82) is 0 Å². The lowest BCUT2D eigenvalue weighted by molar-refractivity contribution is 0.0147. The molecule has 0 aliphatic carbocycles. The second-order valence-corrected chi connectivity index (χ2v) is 6.23. The Kier molecular flexibility index (Phi) is 6.45. The molecule has 9 heteroatoms. The first-order chi connectivity index (χ1) is 12.7. The Morgan fingerprint density at radius 1 is 1.27 bits per heavy atom. The minimum atomic E-state index is 0.202. The highest BCUT2D eigenvalue weighted by Crippen LogP contribution is 2.25. The van der Waals surface area contributed by atoms with Crippen LogP contribution < -0.4 is 15.2 Å². The van der Waals surface area contributed by atoms with Gasteiger partial charge in [-0.15, -0.1) is 0 Å². The summed E-state index contributed by atoms with van der Waals surface area (Å²) in [5, 5.41) is 0. The Labute approximate surface area is 152 Å². The van der Waals surface area contributed by atoms with E-state index < -0.39 is 0 Å². The van der Waals surface area contributed by atoms with E-state index in [1.54, 1.807) is 7.11 Å². The maximum absolute atomic E-state index is 6.03. The fourth-order valence-electron chi connectivity index (χ4n) is 2.86. The molecular weight excluding hydrogens is 338 g/mol. The molecule has 0 bridgehead atoms. The van der Waals surface area contributed by atoms with Crippen LogP contribution in [0.2, 0.25) is 0 Å². The number of nitrogen functional groups attached to an aromatic ring is 1. The number of nitrogens with two attached hydrogens (primary N) is 1. The fraction of sp³-hybridized carbons (Fsp3) is 0.706. The first-order valence-corrected chi connectivity index (χ1v) is 9.12. The highest BCUT2D eigenvalue weighted by molar-refractivity contribution is 5.83. The molecule has 2 aromatic rings. The summed E-state index contributed by atoms with van der Waals surface area (Å²) in [5.74, 6) is 0.277. The van der Waals surface area contributed by atoms with Crippen molar-refractivity contribution in [2.75, 3.05) is 39.3 Å². The molecule has 0 radical (unpaired) electrons. The molecule has 0 spiro atoms. The lowest BCUT2D eigenvalue weighted by Crippen LogP contribution is -2.17. The number of ether oxygens (including phenoxy) is 4. The average Bonchev–Trinajstić information content (AvgIpc) is 3.27. The number of imidazole rings is 1. The number of aromatic nitrogens is 4. The first-order valence-electron chi connectivity index (χ1n) is 9.12. The number of fused-ring (bicyclic) bond motifs is 1. The van der Waals surface area contributed by atoms with Gasteiger partial charge >= 0.3 is 6.01 Å². The van der Waals surface area contributed by atoms with Gasteiger partial charge in [0, 0.05) is 6.61 Å². The molecule has 1 saturated heterocycles. The summed E-state index contributed by atoms with van der Waals surface area (Å²) < 4.78 is 24.1. The van der Waals surface area contributed by atoms with Crippen molar-refractivity contribution in [2.24, 2.45) is 0 Å². The number of nitrogens with zero attached hydrogens (tertiary/aromatic N) is 4. The van der Waals surface area contributed by atoms with Gasteiger partial charge in [-0.25, -0.2) is 0 Å². The third kappa shape index (κ3) is 4.34. The van der Waals surface area contributed by atoms with E-state index >= 15 is 0 Å². The van der Waals surface area contributed by atoms with Crippen LogP contribution in [0, 0.1) is 0 Å². The van der Waals surface area contributed by atoms with E-state index in [1.165, 1.54) is 0 Å². The monoisotopic (exact) mass is 365 g/mol. The van der Waals surface area contributed by atoms with E-state index in [4.69, 9.17) is 24.7 Å². The Morgan fingerprint density at radius 3 is 2.88 bits per heavy atom. The molecule has 2 aromatic heterocycles. The van der Waals surface area contributed by atoms with Crippen LogP contribution in [-0.4, -0.2) is 59.2 Å². The molecule has 1 aliphatic heterocycles. The molecule has 0 aromatic carbocycles. The highest BCUT2D eigenvalue weighted by Gasteiger charge is 2.19. The number of unbranched alkanes of at least 4 members (excludes halogenated alkanes) is 1. The van der Waals surface area contributed by atoms with Crippen molar-refractivity contribution in [1.82, 2.24) is 19.5 Å². The van der Waals surface area contributed by atoms with Gasteiger partial charge in [0.05, 0.1) is 39.6 Å². The summed E-state index contributed by atoms with van der Waals surface area (Å²) in [4.78, 5) is 13.0. The minimum Gasteiger partial charge on any atom is -0.468 e. The maximum atomic E-state index is 6.03. The van der Waals surface area contributed by atoms with Crippen LogP contribution in [-0.2, 0) is 16.0 Å². The van der Waals surface area contributed by atoms with Gasteiger partial charge in [-0.3, -0.25) is 4.57 Å². The zero-order valence-electron chi connectivity index (χ0n) is 15.4. The number of hydrogen-bond acceptors (Lipinski definition) is 8. The standard InChI is InChI=1S/C17H27N5O4/c1-3-4-8-26-16-20-14(18)13-15(21-16)22(17(19-13)23-2)7-10-24-11-12-6-5-9-25-12/h12H,3-11H2,1-2H3,(H2,18,20,21). The van der Waals surface area contributed by atoms with Gasteiger partial charge in [0.1, 0.15) is 0 Å². The van der Waals surface area contributed by atoms with E-state index in [9.17, 15) is 0 Å². The van der Waals surface area contributed by atoms with E-state index in [2.05, 4.69) is 21.9 Å². The fourth-order valence-corrected chi connectivity index (χ4v) is 2.86. The Hall–Kier alpha value is -2.13. The zero-order valence-corrected chi connectivity index (χ0v) is 15.4. The summed E-state index contributed by atoms with van der Waals surface area (Å²) >= 11 is 0. The topological polar surface area (TPSA) is 107 Å². The van der Waals surface area contributed by atoms with Crippen molar-refractivity contribution in [3.05, 3.63) is 0 Å². The summed E-state index contributed by atoms with van der Waals surface area (Å²) in [6.07, 6.45) is 4.32. The summed E-state index contributed by atoms with van der Waals surface area (Å²) in [6.45, 7) is 5.10. The van der Waals surface area contributed by atoms with E-state index in [1.807, 2.05) is 4.57 Å². The molecule has 3 rings (SSSR count). The first kappa shape index (κ1) is 18.7.